The normalized spacial score (nSPS) is 16.4. The molecule has 0 spiro atoms. The topological polar surface area (TPSA) is 68.2 Å². The highest BCUT2D eigenvalue weighted by atomic mass is 19.1. The Morgan fingerprint density at radius 1 is 1.06 bits per heavy atom. The number of halogens is 1. The number of hydrogen-bond donors (Lipinski definition) is 0. The molecule has 1 saturated heterocycles. The van der Waals surface area contributed by atoms with Gasteiger partial charge in [-0.2, -0.15) is 0 Å². The molecule has 1 aliphatic rings. The number of carbonyl (C=O) groups excluding carboxylic acids is 1. The molecule has 1 amide bonds. The number of benzene rings is 2. The van der Waals surface area contributed by atoms with Crippen LogP contribution in [0.15, 0.2) is 73.2 Å². The number of hydrogen-bond acceptors (Lipinski definition) is 5. The fraction of sp³-hybridized carbons (Fsp3) is 0.167. The molecule has 31 heavy (non-hydrogen) atoms. The molecule has 1 atom stereocenters. The zero-order valence-electron chi connectivity index (χ0n) is 16.6. The van der Waals surface area contributed by atoms with Crippen LogP contribution in [0.3, 0.4) is 0 Å². The molecule has 0 bridgehead atoms. The fourth-order valence-corrected chi connectivity index (χ4v) is 3.79. The summed E-state index contributed by atoms with van der Waals surface area (Å²) in [5, 5.41) is 0.918. The molecule has 7 heteroatoms. The van der Waals surface area contributed by atoms with Gasteiger partial charge in [0.1, 0.15) is 11.9 Å². The van der Waals surface area contributed by atoms with Crippen LogP contribution in [0.2, 0.25) is 0 Å². The van der Waals surface area contributed by atoms with Gasteiger partial charge in [-0.15, -0.1) is 0 Å². The average molecular weight is 414 g/mol. The van der Waals surface area contributed by atoms with E-state index in [1.54, 1.807) is 41.6 Å². The molecule has 0 unspecified atom stereocenters. The third kappa shape index (κ3) is 3.75. The van der Waals surface area contributed by atoms with Crippen LogP contribution in [0.1, 0.15) is 22.2 Å². The molecule has 2 aromatic heterocycles. The maximum absolute atomic E-state index is 14.2. The smallest absolute Gasteiger partial charge is 0.256 e. The summed E-state index contributed by atoms with van der Waals surface area (Å²) < 4.78 is 20.1. The number of ether oxygens (including phenoxy) is 1. The summed E-state index contributed by atoms with van der Waals surface area (Å²) in [7, 11) is 0. The number of rotatable bonds is 3. The van der Waals surface area contributed by atoms with Gasteiger partial charge in [0, 0.05) is 23.7 Å². The largest absolute Gasteiger partial charge is 0.368 e. The van der Waals surface area contributed by atoms with E-state index >= 15 is 0 Å². The van der Waals surface area contributed by atoms with Crippen LogP contribution in [-0.4, -0.2) is 45.5 Å². The number of aromatic nitrogens is 3. The number of fused-ring (bicyclic) bond motifs is 1. The van der Waals surface area contributed by atoms with Crippen LogP contribution in [-0.2, 0) is 4.74 Å². The molecule has 1 fully saturated rings. The van der Waals surface area contributed by atoms with Crippen LogP contribution >= 0.6 is 0 Å². The van der Waals surface area contributed by atoms with Crippen LogP contribution < -0.4 is 0 Å². The highest BCUT2D eigenvalue weighted by molar-refractivity contribution is 6.05. The average Bonchev–Trinajstić information content (AvgIpc) is 2.84. The van der Waals surface area contributed by atoms with Crippen molar-refractivity contribution in [2.45, 2.75) is 6.10 Å². The standard InChI is InChI=1S/C24H19FN4O2/c25-19-9-2-1-7-17(19)20-13-26-14-21(28-20)22-15-29(11-12-31-22)24(30)18-8-3-5-16-6-4-10-27-23(16)18/h1-10,13-14,22H,11-12,15H2/t22-/m0/s1. The third-order valence-corrected chi connectivity index (χ3v) is 5.35. The minimum Gasteiger partial charge on any atom is -0.368 e. The van der Waals surface area contributed by atoms with E-state index in [0.717, 1.165) is 5.39 Å². The van der Waals surface area contributed by atoms with Crippen molar-refractivity contribution in [1.29, 1.82) is 0 Å². The van der Waals surface area contributed by atoms with E-state index in [-0.39, 0.29) is 11.7 Å². The first kappa shape index (κ1) is 19.3. The lowest BCUT2D eigenvalue weighted by molar-refractivity contribution is -0.0247. The SMILES string of the molecule is O=C(c1cccc2cccnc12)N1CCO[C@H](c2cncc(-c3ccccc3F)n2)C1. The molecule has 4 aromatic rings. The lowest BCUT2D eigenvalue weighted by Gasteiger charge is -2.32. The number of amides is 1. The Hall–Kier alpha value is -3.71. The summed E-state index contributed by atoms with van der Waals surface area (Å²) in [6.07, 6.45) is 4.36. The lowest BCUT2D eigenvalue weighted by atomic mass is 10.1. The maximum atomic E-state index is 14.2. The van der Waals surface area contributed by atoms with E-state index in [1.165, 1.54) is 12.3 Å². The molecular formula is C24H19FN4O2. The molecule has 3 heterocycles. The van der Waals surface area contributed by atoms with Gasteiger partial charge in [-0.1, -0.05) is 30.3 Å². The Labute approximate surface area is 178 Å². The van der Waals surface area contributed by atoms with Crippen molar-refractivity contribution >= 4 is 16.8 Å². The third-order valence-electron chi connectivity index (χ3n) is 5.35. The summed E-state index contributed by atoms with van der Waals surface area (Å²) in [5.74, 6) is -0.463. The number of nitrogens with zero attached hydrogens (tertiary/aromatic N) is 4. The predicted octanol–water partition coefficient (Wildman–Crippen LogP) is 4.04. The lowest BCUT2D eigenvalue weighted by Crippen LogP contribution is -2.42. The highest BCUT2D eigenvalue weighted by Gasteiger charge is 2.28. The molecule has 2 aromatic carbocycles. The van der Waals surface area contributed by atoms with Crippen molar-refractivity contribution in [2.75, 3.05) is 19.7 Å². The van der Waals surface area contributed by atoms with Gasteiger partial charge in [-0.3, -0.25) is 14.8 Å². The van der Waals surface area contributed by atoms with Gasteiger partial charge in [0.25, 0.3) is 5.91 Å². The second-order valence-electron chi connectivity index (χ2n) is 7.30. The van der Waals surface area contributed by atoms with E-state index in [0.29, 0.717) is 47.7 Å². The van der Waals surface area contributed by atoms with Crippen molar-refractivity contribution in [2.24, 2.45) is 0 Å². The van der Waals surface area contributed by atoms with Gasteiger partial charge >= 0.3 is 0 Å². The number of morpholine rings is 1. The van der Waals surface area contributed by atoms with E-state index < -0.39 is 6.10 Å². The summed E-state index contributed by atoms with van der Waals surface area (Å²) in [4.78, 5) is 28.2. The van der Waals surface area contributed by atoms with Crippen LogP contribution in [0.4, 0.5) is 4.39 Å². The summed E-state index contributed by atoms with van der Waals surface area (Å²) >= 11 is 0. The predicted molar refractivity (Wildman–Crippen MR) is 114 cm³/mol. The molecule has 5 rings (SSSR count). The second kappa shape index (κ2) is 8.20. The minimum absolute atomic E-state index is 0.101. The molecule has 0 aliphatic carbocycles. The van der Waals surface area contributed by atoms with E-state index in [1.807, 2.05) is 24.3 Å². The molecule has 0 radical (unpaired) electrons. The molecular weight excluding hydrogens is 395 g/mol. The highest BCUT2D eigenvalue weighted by Crippen LogP contribution is 2.26. The number of para-hydroxylation sites is 1. The van der Waals surface area contributed by atoms with Crippen molar-refractivity contribution in [3.8, 4) is 11.3 Å². The van der Waals surface area contributed by atoms with Crippen LogP contribution in [0, 0.1) is 5.82 Å². The fourth-order valence-electron chi connectivity index (χ4n) is 3.79. The number of carbonyl (C=O) groups is 1. The Morgan fingerprint density at radius 3 is 2.84 bits per heavy atom. The Morgan fingerprint density at radius 2 is 1.94 bits per heavy atom. The summed E-state index contributed by atoms with van der Waals surface area (Å²) in [6, 6.07) is 15.8. The quantitative estimate of drug-likeness (QED) is 0.506. The van der Waals surface area contributed by atoms with Gasteiger partial charge in [-0.05, 0) is 24.3 Å². The van der Waals surface area contributed by atoms with E-state index in [2.05, 4.69) is 15.0 Å². The molecule has 6 nitrogen and oxygen atoms in total. The van der Waals surface area contributed by atoms with Gasteiger partial charge in [0.15, 0.2) is 0 Å². The van der Waals surface area contributed by atoms with Crippen LogP contribution in [0.5, 0.6) is 0 Å². The monoisotopic (exact) mass is 414 g/mol. The molecule has 1 aliphatic heterocycles. The van der Waals surface area contributed by atoms with Crippen molar-refractivity contribution in [3.63, 3.8) is 0 Å². The molecule has 0 N–H and O–H groups in total. The first-order valence-corrected chi connectivity index (χ1v) is 10.0. The Kier molecular flexibility index (Phi) is 5.09. The first-order chi connectivity index (χ1) is 15.2. The van der Waals surface area contributed by atoms with E-state index in [4.69, 9.17) is 4.74 Å². The van der Waals surface area contributed by atoms with Gasteiger partial charge in [0.2, 0.25) is 0 Å². The minimum atomic E-state index is -0.445. The van der Waals surface area contributed by atoms with Crippen molar-refractivity contribution in [1.82, 2.24) is 19.9 Å². The van der Waals surface area contributed by atoms with Crippen molar-refractivity contribution in [3.05, 3.63) is 90.3 Å². The molecule has 0 saturated carbocycles. The summed E-state index contributed by atoms with van der Waals surface area (Å²) in [6.45, 7) is 1.18. The van der Waals surface area contributed by atoms with Gasteiger partial charge in [0.05, 0.1) is 48.0 Å². The zero-order valence-corrected chi connectivity index (χ0v) is 16.6. The first-order valence-electron chi connectivity index (χ1n) is 10.0. The zero-order chi connectivity index (χ0) is 21.2. The van der Waals surface area contributed by atoms with Crippen LogP contribution in [0.25, 0.3) is 22.2 Å². The Bertz CT molecular complexity index is 1260. The molecule has 154 valence electrons. The second-order valence-corrected chi connectivity index (χ2v) is 7.30. The van der Waals surface area contributed by atoms with Crippen molar-refractivity contribution < 1.29 is 13.9 Å². The summed E-state index contributed by atoms with van der Waals surface area (Å²) in [5.41, 5.74) is 2.61. The van der Waals surface area contributed by atoms with Gasteiger partial charge in [-0.25, -0.2) is 9.37 Å². The van der Waals surface area contributed by atoms with E-state index in [9.17, 15) is 9.18 Å². The maximum Gasteiger partial charge on any atom is 0.256 e. The Balaban J connectivity index is 1.41. The number of pyridine rings is 1. The van der Waals surface area contributed by atoms with Gasteiger partial charge < -0.3 is 9.64 Å².